The zero-order valence-electron chi connectivity index (χ0n) is 16.9. The molecule has 30 heavy (non-hydrogen) atoms. The van der Waals surface area contributed by atoms with Crippen molar-refractivity contribution in [2.45, 2.75) is 39.7 Å². The Morgan fingerprint density at radius 2 is 1.87 bits per heavy atom. The predicted octanol–water partition coefficient (Wildman–Crippen LogP) is 6.30. The molecule has 0 fully saturated rings. The average molecular weight is 475 g/mol. The SMILES string of the molecule is CCC(=O)c1ccc(C)c(C2C(=O)C(Br)=C(OCc3ccc(F)cc3F)C=C2C)c1. The Hall–Kier alpha value is -2.60. The zero-order chi connectivity index (χ0) is 22.0. The van der Waals surface area contributed by atoms with Gasteiger partial charge in [-0.1, -0.05) is 24.6 Å². The van der Waals surface area contributed by atoms with E-state index < -0.39 is 17.6 Å². The van der Waals surface area contributed by atoms with Crippen molar-refractivity contribution in [3.8, 4) is 0 Å². The number of Topliss-reactive ketones (excluding diaryl/α,β-unsaturated/α-hetero) is 2. The second-order valence-electron chi connectivity index (χ2n) is 7.24. The number of benzene rings is 2. The van der Waals surface area contributed by atoms with E-state index in [0.29, 0.717) is 12.0 Å². The molecule has 0 saturated heterocycles. The van der Waals surface area contributed by atoms with Crippen LogP contribution in [0.15, 0.2) is 58.3 Å². The Bertz CT molecular complexity index is 1080. The van der Waals surface area contributed by atoms with E-state index in [1.165, 1.54) is 6.07 Å². The fourth-order valence-corrected chi connectivity index (χ4v) is 3.88. The van der Waals surface area contributed by atoms with Crippen LogP contribution in [0.3, 0.4) is 0 Å². The molecule has 156 valence electrons. The zero-order valence-corrected chi connectivity index (χ0v) is 18.5. The van der Waals surface area contributed by atoms with Gasteiger partial charge in [-0.3, -0.25) is 9.59 Å². The first-order chi connectivity index (χ1) is 14.2. The van der Waals surface area contributed by atoms with E-state index in [1.54, 1.807) is 25.1 Å². The fourth-order valence-electron chi connectivity index (χ4n) is 3.42. The summed E-state index contributed by atoms with van der Waals surface area (Å²) in [5, 5.41) is 0. The van der Waals surface area contributed by atoms with Crippen molar-refractivity contribution in [3.05, 3.63) is 92.2 Å². The monoisotopic (exact) mass is 474 g/mol. The smallest absolute Gasteiger partial charge is 0.185 e. The number of carbonyl (C=O) groups is 2. The van der Waals surface area contributed by atoms with Gasteiger partial charge in [0.1, 0.15) is 28.5 Å². The van der Waals surface area contributed by atoms with E-state index in [-0.39, 0.29) is 34.0 Å². The van der Waals surface area contributed by atoms with Gasteiger partial charge < -0.3 is 4.74 Å². The quantitative estimate of drug-likeness (QED) is 0.461. The summed E-state index contributed by atoms with van der Waals surface area (Å²) in [6.07, 6.45) is 2.11. The molecule has 1 aliphatic rings. The third-order valence-corrected chi connectivity index (χ3v) is 5.92. The van der Waals surface area contributed by atoms with E-state index in [9.17, 15) is 18.4 Å². The molecule has 0 bridgehead atoms. The first-order valence-electron chi connectivity index (χ1n) is 9.55. The Balaban J connectivity index is 1.88. The van der Waals surface area contributed by atoms with Gasteiger partial charge in [0.15, 0.2) is 11.6 Å². The number of hydrogen-bond donors (Lipinski definition) is 0. The van der Waals surface area contributed by atoms with Crippen molar-refractivity contribution < 1.29 is 23.1 Å². The van der Waals surface area contributed by atoms with E-state index in [2.05, 4.69) is 15.9 Å². The van der Waals surface area contributed by atoms with E-state index in [0.717, 1.165) is 28.8 Å². The molecule has 6 heteroatoms. The number of aryl methyl sites for hydroxylation is 1. The Kier molecular flexibility index (Phi) is 6.66. The normalized spacial score (nSPS) is 16.5. The standard InChI is InChI=1S/C24H21BrF2O3/c1-4-20(28)15-6-5-13(2)18(10-15)22-14(3)9-21(23(25)24(22)29)30-12-16-7-8-17(26)11-19(16)27/h5-11,22H,4,12H2,1-3H3. The van der Waals surface area contributed by atoms with E-state index >= 15 is 0 Å². The van der Waals surface area contributed by atoms with Crippen molar-refractivity contribution in [2.24, 2.45) is 0 Å². The molecule has 0 amide bonds. The highest BCUT2D eigenvalue weighted by molar-refractivity contribution is 9.12. The maximum Gasteiger partial charge on any atom is 0.185 e. The van der Waals surface area contributed by atoms with Crippen LogP contribution >= 0.6 is 15.9 Å². The van der Waals surface area contributed by atoms with Crippen molar-refractivity contribution in [3.63, 3.8) is 0 Å². The van der Waals surface area contributed by atoms with Crippen LogP contribution in [-0.4, -0.2) is 11.6 Å². The highest BCUT2D eigenvalue weighted by atomic mass is 79.9. The average Bonchev–Trinajstić information content (AvgIpc) is 2.71. The number of rotatable bonds is 6. The molecule has 0 aliphatic heterocycles. The van der Waals surface area contributed by atoms with Crippen LogP contribution in [-0.2, 0) is 16.1 Å². The van der Waals surface area contributed by atoms with Crippen LogP contribution in [0.2, 0.25) is 0 Å². The fraction of sp³-hybridized carbons (Fsp3) is 0.250. The van der Waals surface area contributed by atoms with Crippen molar-refractivity contribution in [2.75, 3.05) is 0 Å². The van der Waals surface area contributed by atoms with Gasteiger partial charge >= 0.3 is 0 Å². The number of ketones is 2. The van der Waals surface area contributed by atoms with E-state index in [1.807, 2.05) is 19.9 Å². The molecule has 0 radical (unpaired) electrons. The summed E-state index contributed by atoms with van der Waals surface area (Å²) < 4.78 is 32.8. The van der Waals surface area contributed by atoms with Gasteiger partial charge in [-0.15, -0.1) is 0 Å². The number of carbonyl (C=O) groups excluding carboxylic acids is 2. The number of allylic oxidation sites excluding steroid dienone is 3. The molecule has 1 aliphatic carbocycles. The van der Waals surface area contributed by atoms with Crippen LogP contribution < -0.4 is 0 Å². The summed E-state index contributed by atoms with van der Waals surface area (Å²) in [7, 11) is 0. The van der Waals surface area contributed by atoms with Crippen molar-refractivity contribution in [1.82, 2.24) is 0 Å². The van der Waals surface area contributed by atoms with Gasteiger partial charge in [0.05, 0.1) is 5.92 Å². The first-order valence-corrected chi connectivity index (χ1v) is 10.3. The Morgan fingerprint density at radius 3 is 2.53 bits per heavy atom. The topological polar surface area (TPSA) is 43.4 Å². The second kappa shape index (κ2) is 9.04. The number of halogens is 3. The highest BCUT2D eigenvalue weighted by Gasteiger charge is 2.32. The molecular formula is C24H21BrF2O3. The lowest BCUT2D eigenvalue weighted by Crippen LogP contribution is -2.21. The third kappa shape index (κ3) is 4.43. The summed E-state index contributed by atoms with van der Waals surface area (Å²) in [6.45, 7) is 5.37. The summed E-state index contributed by atoms with van der Waals surface area (Å²) >= 11 is 3.31. The molecule has 2 aromatic carbocycles. The van der Waals surface area contributed by atoms with Crippen LogP contribution in [0.25, 0.3) is 0 Å². The predicted molar refractivity (Wildman–Crippen MR) is 114 cm³/mol. The van der Waals surface area contributed by atoms with Gasteiger partial charge in [0, 0.05) is 23.6 Å². The lowest BCUT2D eigenvalue weighted by Gasteiger charge is -2.25. The van der Waals surface area contributed by atoms with Crippen molar-refractivity contribution in [1.29, 1.82) is 0 Å². The van der Waals surface area contributed by atoms with Crippen LogP contribution in [0.1, 0.15) is 53.2 Å². The Morgan fingerprint density at radius 1 is 1.13 bits per heavy atom. The van der Waals surface area contributed by atoms with Crippen molar-refractivity contribution >= 4 is 27.5 Å². The lowest BCUT2D eigenvalue weighted by atomic mass is 9.81. The van der Waals surface area contributed by atoms with Gasteiger partial charge in [-0.2, -0.15) is 0 Å². The molecule has 0 spiro atoms. The molecule has 1 unspecified atom stereocenters. The summed E-state index contributed by atoms with van der Waals surface area (Å²) in [5.41, 5.74) is 3.20. The van der Waals surface area contributed by atoms with E-state index in [4.69, 9.17) is 4.74 Å². The molecular weight excluding hydrogens is 454 g/mol. The van der Waals surface area contributed by atoms with Crippen LogP contribution in [0.5, 0.6) is 0 Å². The number of ether oxygens (including phenoxy) is 1. The Labute approximate surface area is 182 Å². The third-order valence-electron chi connectivity index (χ3n) is 5.14. The maximum absolute atomic E-state index is 13.9. The largest absolute Gasteiger partial charge is 0.487 e. The van der Waals surface area contributed by atoms with Crippen LogP contribution in [0.4, 0.5) is 8.78 Å². The first kappa shape index (κ1) is 22.1. The number of hydrogen-bond acceptors (Lipinski definition) is 3. The highest BCUT2D eigenvalue weighted by Crippen LogP contribution is 2.38. The molecule has 0 heterocycles. The molecule has 1 atom stereocenters. The minimum absolute atomic E-state index is 0.0149. The van der Waals surface area contributed by atoms with Crippen LogP contribution in [0, 0.1) is 18.6 Å². The maximum atomic E-state index is 13.9. The summed E-state index contributed by atoms with van der Waals surface area (Å²) in [6, 6.07) is 8.65. The van der Waals surface area contributed by atoms with Gasteiger partial charge in [-0.25, -0.2) is 8.78 Å². The molecule has 3 rings (SSSR count). The molecule has 3 nitrogen and oxygen atoms in total. The molecule has 2 aromatic rings. The minimum Gasteiger partial charge on any atom is -0.487 e. The lowest BCUT2D eigenvalue weighted by molar-refractivity contribution is -0.115. The second-order valence-corrected chi connectivity index (χ2v) is 8.03. The summed E-state index contributed by atoms with van der Waals surface area (Å²) in [5.74, 6) is -1.81. The van der Waals surface area contributed by atoms with Gasteiger partial charge in [-0.05, 0) is 65.2 Å². The molecule has 0 N–H and O–H groups in total. The molecule has 0 aromatic heterocycles. The minimum atomic E-state index is -0.708. The summed E-state index contributed by atoms with van der Waals surface area (Å²) in [4.78, 5) is 25.3. The van der Waals surface area contributed by atoms with Gasteiger partial charge in [0.25, 0.3) is 0 Å². The van der Waals surface area contributed by atoms with Gasteiger partial charge in [0.2, 0.25) is 0 Å². The molecule has 0 saturated carbocycles.